The molecule has 0 bridgehead atoms. The second kappa shape index (κ2) is 9.28. The van der Waals surface area contributed by atoms with Crippen molar-refractivity contribution in [3.63, 3.8) is 0 Å². The molecule has 4 nitrogen and oxygen atoms in total. The van der Waals surface area contributed by atoms with E-state index in [0.717, 1.165) is 28.8 Å². The van der Waals surface area contributed by atoms with E-state index in [9.17, 15) is 5.11 Å². The Morgan fingerprint density at radius 2 is 1.84 bits per heavy atom. The van der Waals surface area contributed by atoms with Crippen LogP contribution in [-0.2, 0) is 18.0 Å². The molecule has 0 atom stereocenters. The van der Waals surface area contributed by atoms with Gasteiger partial charge in [0.15, 0.2) is 5.13 Å². The van der Waals surface area contributed by atoms with Gasteiger partial charge in [-0.1, -0.05) is 38.0 Å². The summed E-state index contributed by atoms with van der Waals surface area (Å²) < 4.78 is 5.14. The minimum atomic E-state index is 0.0474. The summed E-state index contributed by atoms with van der Waals surface area (Å²) in [5.74, 6) is 0. The van der Waals surface area contributed by atoms with Crippen LogP contribution in [-0.4, -0.2) is 30.3 Å². The number of nitrogens with zero attached hydrogens (tertiary/aromatic N) is 2. The lowest BCUT2D eigenvalue weighted by Gasteiger charge is -2.21. The van der Waals surface area contributed by atoms with Crippen molar-refractivity contribution in [3.8, 4) is 0 Å². The first-order valence-corrected chi connectivity index (χ1v) is 7.91. The highest BCUT2D eigenvalue weighted by molar-refractivity contribution is 7.15. The molecular weight excluding hydrogens is 260 g/mol. The van der Waals surface area contributed by atoms with Crippen molar-refractivity contribution in [2.45, 2.75) is 52.7 Å². The second-order valence-corrected chi connectivity index (χ2v) is 5.71. The van der Waals surface area contributed by atoms with Crippen molar-refractivity contribution < 1.29 is 9.84 Å². The third-order valence-corrected chi connectivity index (χ3v) is 4.17. The summed E-state index contributed by atoms with van der Waals surface area (Å²) in [6.07, 6.45) is 4.73. The van der Waals surface area contributed by atoms with E-state index in [2.05, 4.69) is 23.7 Å². The van der Waals surface area contributed by atoms with Crippen molar-refractivity contribution in [2.24, 2.45) is 0 Å². The summed E-state index contributed by atoms with van der Waals surface area (Å²) in [6.45, 7) is 7.01. The maximum atomic E-state index is 9.39. The van der Waals surface area contributed by atoms with Crippen LogP contribution in [0.25, 0.3) is 0 Å². The molecule has 0 aromatic carbocycles. The second-order valence-electron chi connectivity index (χ2n) is 4.65. The number of anilines is 1. The lowest BCUT2D eigenvalue weighted by Crippen LogP contribution is -2.25. The van der Waals surface area contributed by atoms with Crippen LogP contribution in [0.5, 0.6) is 0 Å². The molecule has 0 unspecified atom stereocenters. The van der Waals surface area contributed by atoms with Gasteiger partial charge in [-0.25, -0.2) is 4.98 Å². The van der Waals surface area contributed by atoms with Crippen molar-refractivity contribution in [1.29, 1.82) is 0 Å². The highest BCUT2D eigenvalue weighted by Gasteiger charge is 2.15. The van der Waals surface area contributed by atoms with Gasteiger partial charge in [-0.05, 0) is 12.8 Å². The zero-order chi connectivity index (χ0) is 14.1. The average molecular weight is 286 g/mol. The molecule has 5 heteroatoms. The molecule has 0 saturated carbocycles. The number of thiazole rings is 1. The van der Waals surface area contributed by atoms with Gasteiger partial charge in [0.2, 0.25) is 0 Å². The number of hydrogen-bond donors (Lipinski definition) is 1. The number of ether oxygens (including phenoxy) is 1. The summed E-state index contributed by atoms with van der Waals surface area (Å²) in [5, 5.41) is 10.4. The van der Waals surface area contributed by atoms with Crippen molar-refractivity contribution in [2.75, 3.05) is 25.1 Å². The number of aliphatic hydroxyl groups excluding tert-OH is 1. The molecule has 0 fully saturated rings. The Labute approximate surface area is 120 Å². The Morgan fingerprint density at radius 1 is 1.21 bits per heavy atom. The molecule has 110 valence electrons. The molecule has 0 spiro atoms. The maximum absolute atomic E-state index is 9.39. The van der Waals surface area contributed by atoms with Crippen molar-refractivity contribution in [1.82, 2.24) is 4.98 Å². The fourth-order valence-corrected chi connectivity index (χ4v) is 2.85. The predicted molar refractivity (Wildman–Crippen MR) is 80.8 cm³/mol. The Hall–Kier alpha value is -0.650. The number of rotatable bonds is 10. The van der Waals surface area contributed by atoms with Crippen LogP contribution < -0.4 is 4.90 Å². The van der Waals surface area contributed by atoms with Crippen molar-refractivity contribution >= 4 is 16.5 Å². The number of aromatic nitrogens is 1. The van der Waals surface area contributed by atoms with Crippen molar-refractivity contribution in [3.05, 3.63) is 10.6 Å². The summed E-state index contributed by atoms with van der Waals surface area (Å²) in [4.78, 5) is 7.91. The van der Waals surface area contributed by atoms with Crippen LogP contribution in [0.1, 0.15) is 50.1 Å². The third-order valence-electron chi connectivity index (χ3n) is 3.03. The standard InChI is InChI=1S/C14H26N2O2S/c1-4-6-8-16(9-7-5-2)14-15-12(11-18-3)13(10-17)19-14/h17H,4-11H2,1-3H3. The molecule has 1 aromatic rings. The maximum Gasteiger partial charge on any atom is 0.185 e. The zero-order valence-electron chi connectivity index (χ0n) is 12.3. The molecule has 0 amide bonds. The lowest BCUT2D eigenvalue weighted by molar-refractivity contribution is 0.179. The summed E-state index contributed by atoms with van der Waals surface area (Å²) in [6, 6.07) is 0. The normalized spacial score (nSPS) is 10.9. The van der Waals surface area contributed by atoms with Gasteiger partial charge in [-0.15, -0.1) is 0 Å². The van der Waals surface area contributed by atoms with Gasteiger partial charge in [0, 0.05) is 20.2 Å². The molecule has 1 heterocycles. The van der Waals surface area contributed by atoms with Gasteiger partial charge in [0.1, 0.15) is 0 Å². The molecular formula is C14H26N2O2S. The first-order chi connectivity index (χ1) is 9.26. The molecule has 0 saturated heterocycles. The van der Waals surface area contributed by atoms with Crippen LogP contribution >= 0.6 is 11.3 Å². The molecule has 1 rings (SSSR count). The molecule has 0 aliphatic rings. The quantitative estimate of drug-likeness (QED) is 0.717. The van der Waals surface area contributed by atoms with E-state index in [-0.39, 0.29) is 6.61 Å². The lowest BCUT2D eigenvalue weighted by atomic mass is 10.3. The number of aliphatic hydroxyl groups is 1. The molecule has 0 aliphatic carbocycles. The number of methoxy groups -OCH3 is 1. The van der Waals surface area contributed by atoms with Crippen LogP contribution in [0.2, 0.25) is 0 Å². The van der Waals surface area contributed by atoms with Gasteiger partial charge in [0.05, 0.1) is 23.8 Å². The van der Waals surface area contributed by atoms with Crippen LogP contribution in [0.3, 0.4) is 0 Å². The highest BCUT2D eigenvalue weighted by Crippen LogP contribution is 2.27. The minimum absolute atomic E-state index is 0.0474. The van der Waals surface area contributed by atoms with Crippen LogP contribution in [0.15, 0.2) is 0 Å². The van der Waals surface area contributed by atoms with E-state index in [1.54, 1.807) is 18.4 Å². The third kappa shape index (κ3) is 5.09. The number of hydrogen-bond acceptors (Lipinski definition) is 5. The first kappa shape index (κ1) is 16.4. The molecule has 19 heavy (non-hydrogen) atoms. The van der Waals surface area contributed by atoms with Gasteiger partial charge >= 0.3 is 0 Å². The zero-order valence-corrected chi connectivity index (χ0v) is 13.1. The minimum Gasteiger partial charge on any atom is -0.391 e. The van der Waals surface area contributed by atoms with Gasteiger partial charge in [-0.2, -0.15) is 0 Å². The van der Waals surface area contributed by atoms with Crippen LogP contribution in [0.4, 0.5) is 5.13 Å². The fourth-order valence-electron chi connectivity index (χ4n) is 1.88. The molecule has 1 aromatic heterocycles. The van der Waals surface area contributed by atoms with E-state index >= 15 is 0 Å². The van der Waals surface area contributed by atoms with Gasteiger partial charge in [-0.3, -0.25) is 0 Å². The smallest absolute Gasteiger partial charge is 0.185 e. The van der Waals surface area contributed by atoms with E-state index in [4.69, 9.17) is 4.74 Å². The van der Waals surface area contributed by atoms with E-state index in [1.807, 2.05) is 0 Å². The Balaban J connectivity index is 2.80. The predicted octanol–water partition coefficient (Wildman–Crippen LogP) is 3.19. The van der Waals surface area contributed by atoms with E-state index < -0.39 is 0 Å². The highest BCUT2D eigenvalue weighted by atomic mass is 32.1. The Kier molecular flexibility index (Phi) is 8.02. The number of unbranched alkanes of at least 4 members (excludes halogenated alkanes) is 2. The topological polar surface area (TPSA) is 45.6 Å². The summed E-state index contributed by atoms with van der Waals surface area (Å²) in [5.41, 5.74) is 0.878. The summed E-state index contributed by atoms with van der Waals surface area (Å²) in [7, 11) is 1.66. The largest absolute Gasteiger partial charge is 0.391 e. The Morgan fingerprint density at radius 3 is 2.32 bits per heavy atom. The average Bonchev–Trinajstić information content (AvgIpc) is 2.82. The molecule has 0 radical (unpaired) electrons. The molecule has 1 N–H and O–H groups in total. The monoisotopic (exact) mass is 286 g/mol. The fraction of sp³-hybridized carbons (Fsp3) is 0.786. The van der Waals surface area contributed by atoms with E-state index in [1.165, 1.54) is 25.7 Å². The summed E-state index contributed by atoms with van der Waals surface area (Å²) >= 11 is 1.59. The SMILES string of the molecule is CCCCN(CCCC)c1nc(COC)c(CO)s1. The van der Waals surface area contributed by atoms with E-state index in [0.29, 0.717) is 6.61 Å². The van der Waals surface area contributed by atoms with Crippen LogP contribution in [0, 0.1) is 0 Å². The van der Waals surface area contributed by atoms with Gasteiger partial charge in [0.25, 0.3) is 0 Å². The first-order valence-electron chi connectivity index (χ1n) is 7.10. The Bertz CT molecular complexity index is 347. The molecule has 0 aliphatic heterocycles. The van der Waals surface area contributed by atoms with Gasteiger partial charge < -0.3 is 14.7 Å².